The molecule has 0 bridgehead atoms. The van der Waals surface area contributed by atoms with Crippen LogP contribution in [0.15, 0.2) is 42.7 Å². The Balaban J connectivity index is 2.04. The van der Waals surface area contributed by atoms with Gasteiger partial charge in [-0.3, -0.25) is 0 Å². The first-order valence-electron chi connectivity index (χ1n) is 7.14. The molecule has 106 valence electrons. The number of hydrogen-bond acceptors (Lipinski definition) is 4. The summed E-state index contributed by atoms with van der Waals surface area (Å²) in [5, 5.41) is 3.27. The van der Waals surface area contributed by atoms with Crippen LogP contribution in [0.2, 0.25) is 0 Å². The molecule has 1 heterocycles. The van der Waals surface area contributed by atoms with Crippen molar-refractivity contribution in [3.63, 3.8) is 0 Å². The van der Waals surface area contributed by atoms with Crippen LogP contribution in [0, 0.1) is 0 Å². The molecule has 1 aromatic carbocycles. The minimum Gasteiger partial charge on any atom is -0.337 e. The van der Waals surface area contributed by atoms with Crippen molar-refractivity contribution in [1.29, 1.82) is 0 Å². The van der Waals surface area contributed by atoms with Gasteiger partial charge in [0.1, 0.15) is 0 Å². The Morgan fingerprint density at radius 3 is 2.30 bits per heavy atom. The number of hydrogen-bond donors (Lipinski definition) is 1. The Bertz CT molecular complexity index is 496. The van der Waals surface area contributed by atoms with Crippen molar-refractivity contribution in [2.75, 3.05) is 18.0 Å². The van der Waals surface area contributed by atoms with E-state index < -0.39 is 0 Å². The third-order valence-corrected chi connectivity index (χ3v) is 3.15. The first-order chi connectivity index (χ1) is 9.83. The molecule has 0 fully saturated rings. The molecule has 0 spiro atoms. The van der Waals surface area contributed by atoms with Crippen LogP contribution in [0.25, 0.3) is 0 Å². The van der Waals surface area contributed by atoms with Crippen LogP contribution in [0.1, 0.15) is 25.0 Å². The lowest BCUT2D eigenvalue weighted by molar-refractivity contribution is 0.717. The molecule has 2 rings (SSSR count). The van der Waals surface area contributed by atoms with Crippen LogP contribution >= 0.6 is 0 Å². The highest BCUT2D eigenvalue weighted by Gasteiger charge is 2.08. The van der Waals surface area contributed by atoms with Crippen molar-refractivity contribution < 1.29 is 0 Å². The van der Waals surface area contributed by atoms with Gasteiger partial charge in [0.15, 0.2) is 0 Å². The number of nitrogens with one attached hydrogen (secondary N) is 1. The van der Waals surface area contributed by atoms with E-state index >= 15 is 0 Å². The van der Waals surface area contributed by atoms with Gasteiger partial charge < -0.3 is 10.2 Å². The van der Waals surface area contributed by atoms with Crippen molar-refractivity contribution in [2.24, 2.45) is 0 Å². The van der Waals surface area contributed by atoms with Gasteiger partial charge in [-0.25, -0.2) is 9.97 Å². The molecule has 0 aliphatic heterocycles. The second kappa shape index (κ2) is 7.60. The molecule has 2 aromatic rings. The Kier molecular flexibility index (Phi) is 5.50. The Morgan fingerprint density at radius 2 is 1.70 bits per heavy atom. The van der Waals surface area contributed by atoms with Gasteiger partial charge in [-0.05, 0) is 19.0 Å². The van der Waals surface area contributed by atoms with Crippen LogP contribution in [0.3, 0.4) is 0 Å². The molecule has 0 radical (unpaired) electrons. The zero-order chi connectivity index (χ0) is 14.2. The summed E-state index contributed by atoms with van der Waals surface area (Å²) in [5.41, 5.74) is 2.39. The lowest BCUT2D eigenvalue weighted by Gasteiger charge is -2.20. The van der Waals surface area contributed by atoms with Crippen LogP contribution in [0.5, 0.6) is 0 Å². The minimum absolute atomic E-state index is 0.789. The Morgan fingerprint density at radius 1 is 1.00 bits per heavy atom. The van der Waals surface area contributed by atoms with Crippen molar-refractivity contribution in [3.05, 3.63) is 53.9 Å². The van der Waals surface area contributed by atoms with Crippen molar-refractivity contribution in [3.8, 4) is 0 Å². The van der Waals surface area contributed by atoms with Crippen LogP contribution in [0.4, 0.5) is 5.95 Å². The van der Waals surface area contributed by atoms with Gasteiger partial charge in [-0.1, -0.05) is 37.3 Å². The van der Waals surface area contributed by atoms with E-state index in [9.17, 15) is 0 Å². The van der Waals surface area contributed by atoms with E-state index in [-0.39, 0.29) is 0 Å². The molecule has 4 nitrogen and oxygen atoms in total. The average molecular weight is 270 g/mol. The lowest BCUT2D eigenvalue weighted by atomic mass is 10.2. The van der Waals surface area contributed by atoms with Crippen LogP contribution in [-0.2, 0) is 13.1 Å². The summed E-state index contributed by atoms with van der Waals surface area (Å²) >= 11 is 0. The van der Waals surface area contributed by atoms with E-state index in [0.29, 0.717) is 0 Å². The molecule has 0 atom stereocenters. The number of rotatable bonds is 7. The predicted molar refractivity (Wildman–Crippen MR) is 82.6 cm³/mol. The third-order valence-electron chi connectivity index (χ3n) is 3.15. The number of benzene rings is 1. The molecule has 0 saturated carbocycles. The van der Waals surface area contributed by atoms with Gasteiger partial charge in [0.2, 0.25) is 5.95 Å². The van der Waals surface area contributed by atoms with E-state index in [1.54, 1.807) is 0 Å². The monoisotopic (exact) mass is 270 g/mol. The van der Waals surface area contributed by atoms with Gasteiger partial charge in [-0.2, -0.15) is 0 Å². The fraction of sp³-hybridized carbons (Fsp3) is 0.375. The average Bonchev–Trinajstić information content (AvgIpc) is 2.52. The molecule has 0 amide bonds. The Hall–Kier alpha value is -1.94. The number of anilines is 1. The van der Waals surface area contributed by atoms with E-state index in [1.807, 2.05) is 18.5 Å². The molecule has 1 N–H and O–H groups in total. The SMILES string of the molecule is CCNCc1cnc(N(CC)Cc2ccccc2)nc1. The first kappa shape index (κ1) is 14.5. The molecular formula is C16H22N4. The first-order valence-corrected chi connectivity index (χ1v) is 7.14. The van der Waals surface area contributed by atoms with E-state index in [2.05, 4.69) is 58.3 Å². The molecule has 20 heavy (non-hydrogen) atoms. The maximum Gasteiger partial charge on any atom is 0.225 e. The topological polar surface area (TPSA) is 41.1 Å². The van der Waals surface area contributed by atoms with Gasteiger partial charge in [0, 0.05) is 37.6 Å². The summed E-state index contributed by atoms with van der Waals surface area (Å²) in [4.78, 5) is 11.1. The van der Waals surface area contributed by atoms with Gasteiger partial charge in [0.25, 0.3) is 0 Å². The fourth-order valence-electron chi connectivity index (χ4n) is 2.00. The van der Waals surface area contributed by atoms with Gasteiger partial charge in [0.05, 0.1) is 0 Å². The van der Waals surface area contributed by atoms with Crippen molar-refractivity contribution in [2.45, 2.75) is 26.9 Å². The summed E-state index contributed by atoms with van der Waals surface area (Å²) in [6.07, 6.45) is 3.80. The molecule has 1 aromatic heterocycles. The summed E-state index contributed by atoms with van der Waals surface area (Å²) in [5.74, 6) is 0.789. The zero-order valence-corrected chi connectivity index (χ0v) is 12.2. The highest BCUT2D eigenvalue weighted by Crippen LogP contribution is 2.11. The molecule has 4 heteroatoms. The van der Waals surface area contributed by atoms with Gasteiger partial charge in [-0.15, -0.1) is 0 Å². The van der Waals surface area contributed by atoms with Gasteiger partial charge >= 0.3 is 0 Å². The van der Waals surface area contributed by atoms with Crippen molar-refractivity contribution >= 4 is 5.95 Å². The summed E-state index contributed by atoms with van der Waals surface area (Å²) in [6.45, 7) is 7.72. The second-order valence-electron chi connectivity index (χ2n) is 4.67. The smallest absolute Gasteiger partial charge is 0.225 e. The fourth-order valence-corrected chi connectivity index (χ4v) is 2.00. The summed E-state index contributed by atoms with van der Waals surface area (Å²) in [6, 6.07) is 10.4. The predicted octanol–water partition coefficient (Wildman–Crippen LogP) is 2.61. The van der Waals surface area contributed by atoms with E-state index in [0.717, 1.165) is 37.7 Å². The summed E-state index contributed by atoms with van der Waals surface area (Å²) in [7, 11) is 0. The third kappa shape index (κ3) is 4.03. The summed E-state index contributed by atoms with van der Waals surface area (Å²) < 4.78 is 0. The van der Waals surface area contributed by atoms with Crippen molar-refractivity contribution in [1.82, 2.24) is 15.3 Å². The van der Waals surface area contributed by atoms with Crippen LogP contribution in [-0.4, -0.2) is 23.1 Å². The molecule has 0 unspecified atom stereocenters. The number of nitrogens with zero attached hydrogens (tertiary/aromatic N) is 3. The normalized spacial score (nSPS) is 10.5. The molecule has 0 aliphatic carbocycles. The maximum absolute atomic E-state index is 4.47. The van der Waals surface area contributed by atoms with E-state index in [1.165, 1.54) is 5.56 Å². The Labute approximate surface area is 120 Å². The minimum atomic E-state index is 0.789. The largest absolute Gasteiger partial charge is 0.337 e. The maximum atomic E-state index is 4.47. The standard InChI is InChI=1S/C16H22N4/c1-3-17-10-15-11-18-16(19-12-15)20(4-2)13-14-8-6-5-7-9-14/h5-9,11-12,17H,3-4,10,13H2,1-2H3. The highest BCUT2D eigenvalue weighted by atomic mass is 15.2. The highest BCUT2D eigenvalue weighted by molar-refractivity contribution is 5.32. The zero-order valence-electron chi connectivity index (χ0n) is 12.2. The molecule has 0 saturated heterocycles. The number of aromatic nitrogens is 2. The van der Waals surface area contributed by atoms with Crippen LogP contribution < -0.4 is 10.2 Å². The molecule has 0 aliphatic rings. The second-order valence-corrected chi connectivity index (χ2v) is 4.67. The lowest BCUT2D eigenvalue weighted by Crippen LogP contribution is -2.24. The molecular weight excluding hydrogens is 248 g/mol. The quantitative estimate of drug-likeness (QED) is 0.839. The van der Waals surface area contributed by atoms with E-state index in [4.69, 9.17) is 0 Å².